The molecule has 0 aromatic heterocycles. The zero-order valence-electron chi connectivity index (χ0n) is 20.9. The summed E-state index contributed by atoms with van der Waals surface area (Å²) in [4.78, 5) is 27.6. The number of carbonyl (C=O) groups is 2. The van der Waals surface area contributed by atoms with Crippen LogP contribution in [0.5, 0.6) is 0 Å². The molecule has 12 heteroatoms. The van der Waals surface area contributed by atoms with Crippen LogP contribution in [0.15, 0.2) is 36.4 Å². The van der Waals surface area contributed by atoms with Gasteiger partial charge in [0.25, 0.3) is 0 Å². The van der Waals surface area contributed by atoms with E-state index in [-0.39, 0.29) is 48.5 Å². The second-order valence-corrected chi connectivity index (χ2v) is 12.2. The molecule has 2 aromatic carbocycles. The Kier molecular flexibility index (Phi) is 12.3. The second kappa shape index (κ2) is 14.4. The standard InChI is InChI=1S/C25H31Cl4N3O4S/c1-4-5-12-30-25(34)17(2)31(16-18-8-9-19(26)14-22(18)29)24(33)7-6-13-32(37(3,35)36)23-15-20(27)10-11-21(23)28/h8-11,14-15,17H,4-7,12-13,16H2,1-3H3,(H,30,34)/t17-/m1/s1. The maximum atomic E-state index is 13.4. The average Bonchev–Trinajstić information content (AvgIpc) is 2.82. The van der Waals surface area contributed by atoms with E-state index in [0.717, 1.165) is 23.4 Å². The Labute approximate surface area is 239 Å². The summed E-state index contributed by atoms with van der Waals surface area (Å²) in [6.07, 6.45) is 2.98. The van der Waals surface area contributed by atoms with Crippen molar-refractivity contribution in [2.24, 2.45) is 0 Å². The largest absolute Gasteiger partial charge is 0.354 e. The van der Waals surface area contributed by atoms with Gasteiger partial charge in [-0.05, 0) is 55.7 Å². The number of carbonyl (C=O) groups excluding carboxylic acids is 2. The minimum atomic E-state index is -3.71. The highest BCUT2D eigenvalue weighted by Gasteiger charge is 2.27. The maximum Gasteiger partial charge on any atom is 0.242 e. The van der Waals surface area contributed by atoms with Crippen molar-refractivity contribution in [3.63, 3.8) is 0 Å². The highest BCUT2D eigenvalue weighted by atomic mass is 35.5. The third-order valence-corrected chi connectivity index (χ3v) is 8.00. The quantitative estimate of drug-likeness (QED) is 0.274. The molecule has 0 radical (unpaired) electrons. The molecule has 37 heavy (non-hydrogen) atoms. The molecule has 2 amide bonds. The predicted molar refractivity (Wildman–Crippen MR) is 152 cm³/mol. The number of hydrogen-bond donors (Lipinski definition) is 1. The van der Waals surface area contributed by atoms with Gasteiger partial charge in [-0.1, -0.05) is 65.8 Å². The number of nitrogens with zero attached hydrogens (tertiary/aromatic N) is 2. The van der Waals surface area contributed by atoms with E-state index in [0.29, 0.717) is 27.2 Å². The molecule has 0 saturated carbocycles. The first-order valence-electron chi connectivity index (χ1n) is 11.8. The normalized spacial score (nSPS) is 12.2. The van der Waals surface area contributed by atoms with E-state index in [1.165, 1.54) is 17.0 Å². The number of unbranched alkanes of at least 4 members (excludes halogenated alkanes) is 1. The molecule has 1 atom stereocenters. The Bertz CT molecular complexity index is 1210. The summed E-state index contributed by atoms with van der Waals surface area (Å²) in [5.41, 5.74) is 0.869. The van der Waals surface area contributed by atoms with Crippen LogP contribution in [0.25, 0.3) is 0 Å². The van der Waals surface area contributed by atoms with Gasteiger partial charge >= 0.3 is 0 Å². The van der Waals surface area contributed by atoms with Crippen molar-refractivity contribution in [2.45, 2.75) is 52.1 Å². The topological polar surface area (TPSA) is 86.8 Å². The number of nitrogens with one attached hydrogen (secondary N) is 1. The van der Waals surface area contributed by atoms with Gasteiger partial charge < -0.3 is 10.2 Å². The molecule has 0 aliphatic carbocycles. The van der Waals surface area contributed by atoms with Crippen molar-refractivity contribution < 1.29 is 18.0 Å². The molecule has 0 aliphatic rings. The Morgan fingerprint density at radius 1 is 0.973 bits per heavy atom. The van der Waals surface area contributed by atoms with Gasteiger partial charge in [0.05, 0.1) is 17.0 Å². The first-order chi connectivity index (χ1) is 17.3. The summed E-state index contributed by atoms with van der Waals surface area (Å²) in [6, 6.07) is 8.71. The molecule has 204 valence electrons. The van der Waals surface area contributed by atoms with E-state index in [4.69, 9.17) is 46.4 Å². The van der Waals surface area contributed by atoms with E-state index >= 15 is 0 Å². The third kappa shape index (κ3) is 9.52. The van der Waals surface area contributed by atoms with Crippen molar-refractivity contribution in [2.75, 3.05) is 23.7 Å². The summed E-state index contributed by atoms with van der Waals surface area (Å²) < 4.78 is 26.1. The van der Waals surface area contributed by atoms with E-state index in [1.807, 2.05) is 6.92 Å². The van der Waals surface area contributed by atoms with Crippen LogP contribution in [0.4, 0.5) is 5.69 Å². The predicted octanol–water partition coefficient (Wildman–Crippen LogP) is 6.18. The van der Waals surface area contributed by atoms with Gasteiger partial charge in [0.15, 0.2) is 0 Å². The number of anilines is 1. The molecule has 0 unspecified atom stereocenters. The average molecular weight is 611 g/mol. The van der Waals surface area contributed by atoms with Crippen LogP contribution in [-0.4, -0.2) is 50.5 Å². The minimum absolute atomic E-state index is 0.00272. The van der Waals surface area contributed by atoms with Gasteiger partial charge in [-0.2, -0.15) is 0 Å². The molecule has 7 nitrogen and oxygen atoms in total. The SMILES string of the molecule is CCCCNC(=O)[C@@H](C)N(Cc1ccc(Cl)cc1Cl)C(=O)CCCN(c1cc(Cl)ccc1Cl)S(C)(=O)=O. The lowest BCUT2D eigenvalue weighted by Gasteiger charge is -2.30. The van der Waals surface area contributed by atoms with Crippen molar-refractivity contribution in [1.29, 1.82) is 0 Å². The van der Waals surface area contributed by atoms with Crippen LogP contribution in [-0.2, 0) is 26.2 Å². The summed E-state index contributed by atoms with van der Waals surface area (Å²) in [7, 11) is -3.71. The lowest BCUT2D eigenvalue weighted by atomic mass is 10.1. The molecule has 2 aromatic rings. The third-order valence-electron chi connectivity index (χ3n) is 5.68. The number of benzene rings is 2. The Hall–Kier alpha value is -1.71. The molecule has 2 rings (SSSR count). The summed E-state index contributed by atoms with van der Waals surface area (Å²) in [5, 5.41) is 4.24. The maximum absolute atomic E-state index is 13.4. The number of halogens is 4. The number of hydrogen-bond acceptors (Lipinski definition) is 4. The van der Waals surface area contributed by atoms with Gasteiger partial charge in [-0.15, -0.1) is 0 Å². The van der Waals surface area contributed by atoms with Crippen LogP contribution in [0.3, 0.4) is 0 Å². The molecule has 1 N–H and O–H groups in total. The van der Waals surface area contributed by atoms with Crippen LogP contribution in [0.2, 0.25) is 20.1 Å². The van der Waals surface area contributed by atoms with Crippen LogP contribution in [0, 0.1) is 0 Å². The molecular formula is C25H31Cl4N3O4S. The second-order valence-electron chi connectivity index (χ2n) is 8.61. The van der Waals surface area contributed by atoms with Gasteiger partial charge in [-0.3, -0.25) is 13.9 Å². The van der Waals surface area contributed by atoms with Crippen LogP contribution in [0.1, 0.15) is 45.1 Å². The van der Waals surface area contributed by atoms with Gasteiger partial charge in [0.2, 0.25) is 21.8 Å². The lowest BCUT2D eigenvalue weighted by molar-refractivity contribution is -0.140. The zero-order chi connectivity index (χ0) is 27.8. The fourth-order valence-corrected chi connectivity index (χ4v) is 5.48. The molecule has 0 heterocycles. The molecule has 0 saturated heterocycles. The fraction of sp³-hybridized carbons (Fsp3) is 0.440. The number of amides is 2. The van der Waals surface area contributed by atoms with Gasteiger partial charge in [0.1, 0.15) is 6.04 Å². The van der Waals surface area contributed by atoms with Crippen LogP contribution >= 0.6 is 46.4 Å². The molecule has 0 aliphatic heterocycles. The van der Waals surface area contributed by atoms with E-state index < -0.39 is 16.1 Å². The summed E-state index contributed by atoms with van der Waals surface area (Å²) in [5.74, 6) is -0.606. The van der Waals surface area contributed by atoms with E-state index in [2.05, 4.69) is 5.32 Å². The van der Waals surface area contributed by atoms with Gasteiger partial charge in [-0.25, -0.2) is 8.42 Å². The number of rotatable bonds is 13. The first-order valence-corrected chi connectivity index (χ1v) is 15.1. The summed E-state index contributed by atoms with van der Waals surface area (Å²) in [6.45, 7) is 4.26. The minimum Gasteiger partial charge on any atom is -0.354 e. The lowest BCUT2D eigenvalue weighted by Crippen LogP contribution is -2.48. The molecular weight excluding hydrogens is 580 g/mol. The van der Waals surface area contributed by atoms with E-state index in [9.17, 15) is 18.0 Å². The monoisotopic (exact) mass is 609 g/mol. The van der Waals surface area contributed by atoms with Gasteiger partial charge in [0, 0.05) is 41.1 Å². The van der Waals surface area contributed by atoms with Crippen LogP contribution < -0.4 is 9.62 Å². The van der Waals surface area contributed by atoms with Crippen molar-refractivity contribution in [1.82, 2.24) is 10.2 Å². The Morgan fingerprint density at radius 2 is 1.62 bits per heavy atom. The number of sulfonamides is 1. The highest BCUT2D eigenvalue weighted by molar-refractivity contribution is 7.92. The summed E-state index contributed by atoms with van der Waals surface area (Å²) >= 11 is 24.6. The zero-order valence-corrected chi connectivity index (χ0v) is 24.8. The molecule has 0 spiro atoms. The van der Waals surface area contributed by atoms with Crippen molar-refractivity contribution >= 4 is 73.9 Å². The first kappa shape index (κ1) is 31.5. The molecule has 0 bridgehead atoms. The van der Waals surface area contributed by atoms with Crippen molar-refractivity contribution in [3.05, 3.63) is 62.1 Å². The Morgan fingerprint density at radius 3 is 2.24 bits per heavy atom. The fourth-order valence-electron chi connectivity index (χ4n) is 3.61. The smallest absolute Gasteiger partial charge is 0.242 e. The Balaban J connectivity index is 2.22. The van der Waals surface area contributed by atoms with E-state index in [1.54, 1.807) is 31.2 Å². The highest BCUT2D eigenvalue weighted by Crippen LogP contribution is 2.31. The van der Waals surface area contributed by atoms with Crippen molar-refractivity contribution in [3.8, 4) is 0 Å². The molecule has 0 fully saturated rings.